The third-order valence-electron chi connectivity index (χ3n) is 3.97. The third-order valence-corrected chi connectivity index (χ3v) is 4.27. The summed E-state index contributed by atoms with van der Waals surface area (Å²) in [6.07, 6.45) is 9.65. The summed E-state index contributed by atoms with van der Waals surface area (Å²) >= 11 is 6.14. The summed E-state index contributed by atoms with van der Waals surface area (Å²) in [7, 11) is 0. The number of hydrogen-bond donors (Lipinski definition) is 0. The van der Waals surface area contributed by atoms with Gasteiger partial charge < -0.3 is 9.64 Å². The van der Waals surface area contributed by atoms with Crippen molar-refractivity contribution in [2.24, 2.45) is 5.92 Å². The molecule has 21 heavy (non-hydrogen) atoms. The Kier molecular flexibility index (Phi) is 4.56. The fourth-order valence-electron chi connectivity index (χ4n) is 2.83. The average molecular weight is 309 g/mol. The van der Waals surface area contributed by atoms with Crippen molar-refractivity contribution in [2.75, 3.05) is 26.3 Å². The van der Waals surface area contributed by atoms with Gasteiger partial charge in [0.2, 0.25) is 5.95 Å². The molecule has 0 radical (unpaired) electrons. The molecular weight excluding hydrogens is 291 g/mol. The second-order valence-corrected chi connectivity index (χ2v) is 5.91. The van der Waals surface area contributed by atoms with Gasteiger partial charge in [-0.25, -0.2) is 4.98 Å². The van der Waals surface area contributed by atoms with Crippen molar-refractivity contribution in [1.82, 2.24) is 9.88 Å². The Morgan fingerprint density at radius 2 is 2.19 bits per heavy atom. The minimum atomic E-state index is -0.499. The van der Waals surface area contributed by atoms with Crippen LogP contribution in [0.2, 0.25) is 5.02 Å². The Labute approximate surface area is 129 Å². The van der Waals surface area contributed by atoms with Gasteiger partial charge >= 0.3 is 0 Å². The van der Waals surface area contributed by atoms with Crippen molar-refractivity contribution in [2.45, 2.75) is 12.8 Å². The molecule has 0 N–H and O–H groups in total. The molecule has 5 heteroatoms. The number of allylic oxidation sites excluding steroid dienone is 2. The summed E-state index contributed by atoms with van der Waals surface area (Å²) in [5.74, 6) is 0.160. The molecule has 0 unspecified atom stereocenters. The zero-order valence-electron chi connectivity index (χ0n) is 11.8. The maximum atomic E-state index is 13.3. The van der Waals surface area contributed by atoms with Crippen LogP contribution in [0, 0.1) is 11.9 Å². The molecule has 3 nitrogen and oxygen atoms in total. The van der Waals surface area contributed by atoms with Crippen molar-refractivity contribution in [3.8, 4) is 0 Å². The van der Waals surface area contributed by atoms with E-state index in [9.17, 15) is 4.39 Å². The number of halogens is 2. The number of rotatable bonds is 3. The lowest BCUT2D eigenvalue weighted by molar-refractivity contribution is 0.0588. The van der Waals surface area contributed by atoms with E-state index in [1.807, 2.05) is 12.2 Å². The number of pyridine rings is 1. The van der Waals surface area contributed by atoms with Crippen molar-refractivity contribution < 1.29 is 9.13 Å². The number of nitrogens with zero attached hydrogens (tertiary/aromatic N) is 2. The van der Waals surface area contributed by atoms with Crippen LogP contribution in [0.3, 0.4) is 0 Å². The van der Waals surface area contributed by atoms with E-state index in [1.165, 1.54) is 12.3 Å². The fourth-order valence-corrected chi connectivity index (χ4v) is 3.05. The minimum Gasteiger partial charge on any atom is -0.381 e. The van der Waals surface area contributed by atoms with Gasteiger partial charge in [0.15, 0.2) is 0 Å². The summed E-state index contributed by atoms with van der Waals surface area (Å²) in [4.78, 5) is 5.84. The van der Waals surface area contributed by atoms with Crippen LogP contribution in [-0.4, -0.2) is 36.2 Å². The molecule has 1 aromatic rings. The van der Waals surface area contributed by atoms with E-state index < -0.39 is 5.95 Å². The molecule has 2 aliphatic rings. The first-order valence-corrected chi connectivity index (χ1v) is 7.61. The standard InChI is InChI=1S/C16H18ClFN2O/c17-15-9-19-16(18)8-14(15)13-2-1-5-20(11-13)10-12-3-6-21-7-4-12/h1-2,5,8-9,12H,3-4,6-7,10-11H2. The molecule has 1 aromatic heterocycles. The van der Waals surface area contributed by atoms with Gasteiger partial charge in [-0.3, -0.25) is 0 Å². The van der Waals surface area contributed by atoms with Crippen molar-refractivity contribution in [3.63, 3.8) is 0 Å². The van der Waals surface area contributed by atoms with Crippen LogP contribution in [-0.2, 0) is 4.74 Å². The second kappa shape index (κ2) is 6.58. The molecule has 0 amide bonds. The summed E-state index contributed by atoms with van der Waals surface area (Å²) in [6, 6.07) is 1.40. The average Bonchev–Trinajstić information content (AvgIpc) is 2.51. The summed E-state index contributed by atoms with van der Waals surface area (Å²) in [6.45, 7) is 3.46. The van der Waals surface area contributed by atoms with Gasteiger partial charge in [-0.1, -0.05) is 17.7 Å². The maximum absolute atomic E-state index is 13.3. The van der Waals surface area contributed by atoms with Gasteiger partial charge in [0, 0.05) is 44.1 Å². The smallest absolute Gasteiger partial charge is 0.213 e. The molecule has 3 heterocycles. The van der Waals surface area contributed by atoms with Gasteiger partial charge in [0.25, 0.3) is 0 Å². The normalized spacial score (nSPS) is 19.7. The molecule has 0 atom stereocenters. The molecule has 0 saturated carbocycles. The van der Waals surface area contributed by atoms with Crippen LogP contribution in [0.15, 0.2) is 30.6 Å². The van der Waals surface area contributed by atoms with E-state index in [1.54, 1.807) is 0 Å². The maximum Gasteiger partial charge on any atom is 0.213 e. The lowest BCUT2D eigenvalue weighted by Gasteiger charge is -2.31. The van der Waals surface area contributed by atoms with Crippen LogP contribution >= 0.6 is 11.6 Å². The minimum absolute atomic E-state index is 0.490. The van der Waals surface area contributed by atoms with Crippen molar-refractivity contribution >= 4 is 17.2 Å². The predicted octanol–water partition coefficient (Wildman–Crippen LogP) is 3.51. The van der Waals surface area contributed by atoms with Crippen LogP contribution in [0.1, 0.15) is 18.4 Å². The van der Waals surface area contributed by atoms with Crippen LogP contribution < -0.4 is 0 Å². The van der Waals surface area contributed by atoms with Gasteiger partial charge in [-0.2, -0.15) is 4.39 Å². The predicted molar refractivity (Wildman–Crippen MR) is 81.4 cm³/mol. The van der Waals surface area contributed by atoms with E-state index in [-0.39, 0.29) is 0 Å². The highest BCUT2D eigenvalue weighted by molar-refractivity contribution is 6.32. The molecule has 0 aromatic carbocycles. The van der Waals surface area contributed by atoms with E-state index in [0.717, 1.165) is 50.3 Å². The number of ether oxygens (including phenoxy) is 1. The molecule has 0 aliphatic carbocycles. The summed E-state index contributed by atoms with van der Waals surface area (Å²) in [5, 5.41) is 0.490. The van der Waals surface area contributed by atoms with E-state index in [2.05, 4.69) is 16.1 Å². The number of aromatic nitrogens is 1. The monoisotopic (exact) mass is 308 g/mol. The third kappa shape index (κ3) is 3.63. The zero-order valence-corrected chi connectivity index (χ0v) is 12.5. The Hall–Kier alpha value is -1.39. The first kappa shape index (κ1) is 14.5. The van der Waals surface area contributed by atoms with Crippen LogP contribution in [0.5, 0.6) is 0 Å². The van der Waals surface area contributed by atoms with Gasteiger partial charge in [-0.15, -0.1) is 0 Å². The van der Waals surface area contributed by atoms with Crippen LogP contribution in [0.4, 0.5) is 4.39 Å². The first-order valence-electron chi connectivity index (χ1n) is 7.23. The Bertz CT molecular complexity index is 567. The lowest BCUT2D eigenvalue weighted by atomic mass is 9.98. The molecule has 1 saturated heterocycles. The summed E-state index contributed by atoms with van der Waals surface area (Å²) < 4.78 is 18.7. The van der Waals surface area contributed by atoms with E-state index in [0.29, 0.717) is 10.9 Å². The van der Waals surface area contributed by atoms with Crippen molar-refractivity contribution in [3.05, 3.63) is 47.1 Å². The van der Waals surface area contributed by atoms with E-state index in [4.69, 9.17) is 16.3 Å². The topological polar surface area (TPSA) is 25.4 Å². The van der Waals surface area contributed by atoms with Gasteiger partial charge in [0.05, 0.1) is 5.02 Å². The Balaban J connectivity index is 1.69. The molecule has 112 valence electrons. The van der Waals surface area contributed by atoms with Gasteiger partial charge in [0.1, 0.15) is 0 Å². The molecular formula is C16H18ClFN2O. The molecule has 0 spiro atoms. The fraction of sp³-hybridized carbons (Fsp3) is 0.438. The Morgan fingerprint density at radius 1 is 1.38 bits per heavy atom. The molecule has 3 rings (SSSR count). The second-order valence-electron chi connectivity index (χ2n) is 5.51. The Morgan fingerprint density at radius 3 is 3.00 bits per heavy atom. The molecule has 0 bridgehead atoms. The molecule has 2 aliphatic heterocycles. The van der Waals surface area contributed by atoms with Gasteiger partial charge in [-0.05, 0) is 36.6 Å². The highest BCUT2D eigenvalue weighted by Crippen LogP contribution is 2.27. The van der Waals surface area contributed by atoms with Crippen molar-refractivity contribution in [1.29, 1.82) is 0 Å². The largest absolute Gasteiger partial charge is 0.381 e. The summed E-state index contributed by atoms with van der Waals surface area (Å²) in [5.41, 5.74) is 1.75. The lowest BCUT2D eigenvalue weighted by Crippen LogP contribution is -2.31. The van der Waals surface area contributed by atoms with E-state index >= 15 is 0 Å². The van der Waals surface area contributed by atoms with Crippen LogP contribution in [0.25, 0.3) is 5.57 Å². The SMILES string of the molecule is Fc1cc(C2=CC=CN(CC3CCOCC3)C2)c(Cl)cn1. The number of hydrogen-bond acceptors (Lipinski definition) is 3. The quantitative estimate of drug-likeness (QED) is 0.799. The highest BCUT2D eigenvalue weighted by Gasteiger charge is 2.19. The highest BCUT2D eigenvalue weighted by atomic mass is 35.5. The molecule has 1 fully saturated rings. The first-order chi connectivity index (χ1) is 10.2. The zero-order chi connectivity index (χ0) is 14.7.